The predicted molar refractivity (Wildman–Crippen MR) is 122 cm³/mol. The summed E-state index contributed by atoms with van der Waals surface area (Å²) in [5.74, 6) is -2.80. The molecule has 1 atom stereocenters. The van der Waals surface area contributed by atoms with Gasteiger partial charge >= 0.3 is 5.97 Å². The fourth-order valence-electron chi connectivity index (χ4n) is 3.33. The first-order valence-electron chi connectivity index (χ1n) is 9.90. The smallest absolute Gasteiger partial charge is 0.331 e. The number of carboxylic acids is 1. The van der Waals surface area contributed by atoms with E-state index in [4.69, 9.17) is 28.9 Å². The van der Waals surface area contributed by atoms with Crippen LogP contribution in [-0.4, -0.2) is 43.8 Å². The van der Waals surface area contributed by atoms with Gasteiger partial charge in [-0.15, -0.1) is 0 Å². The summed E-state index contributed by atoms with van der Waals surface area (Å²) >= 11 is 12.6. The third kappa shape index (κ3) is 4.10. The van der Waals surface area contributed by atoms with Gasteiger partial charge in [-0.1, -0.05) is 23.2 Å². The number of rotatable bonds is 6. The van der Waals surface area contributed by atoms with Crippen molar-refractivity contribution in [2.75, 3.05) is 5.32 Å². The first kappa shape index (κ1) is 22.9. The number of aliphatic carboxylic acids is 1. The van der Waals surface area contributed by atoms with Crippen molar-refractivity contribution in [1.82, 2.24) is 9.55 Å². The number of aromatic nitrogens is 2. The maximum absolute atomic E-state index is 13.3. The van der Waals surface area contributed by atoms with Crippen molar-refractivity contribution in [3.63, 3.8) is 0 Å². The second-order valence-corrected chi connectivity index (χ2v) is 8.81. The van der Waals surface area contributed by atoms with E-state index in [0.29, 0.717) is 16.7 Å². The van der Waals surface area contributed by atoms with Crippen LogP contribution in [0.2, 0.25) is 10.0 Å². The molecule has 2 heterocycles. The minimum atomic E-state index is -2.19. The van der Waals surface area contributed by atoms with E-state index in [9.17, 15) is 24.3 Å². The molecule has 2 aromatic heterocycles. The van der Waals surface area contributed by atoms with Crippen LogP contribution in [0.1, 0.15) is 40.5 Å². The van der Waals surface area contributed by atoms with E-state index >= 15 is 0 Å². The zero-order valence-corrected chi connectivity index (χ0v) is 18.8. The molecule has 0 bridgehead atoms. The van der Waals surface area contributed by atoms with Gasteiger partial charge in [-0.05, 0) is 44.0 Å². The van der Waals surface area contributed by atoms with Crippen molar-refractivity contribution in [1.29, 1.82) is 0 Å². The number of nitrogens with two attached hydrogens (primary N) is 1. The summed E-state index contributed by atoms with van der Waals surface area (Å²) in [6, 6.07) is 5.55. The summed E-state index contributed by atoms with van der Waals surface area (Å²) in [4.78, 5) is 53.4. The van der Waals surface area contributed by atoms with Crippen LogP contribution in [0.15, 0.2) is 36.7 Å². The third-order valence-electron chi connectivity index (χ3n) is 5.46. The normalized spacial score (nSPS) is 15.2. The zero-order chi connectivity index (χ0) is 24.1. The van der Waals surface area contributed by atoms with Crippen LogP contribution in [0.5, 0.6) is 0 Å². The molecule has 11 heteroatoms. The highest BCUT2D eigenvalue weighted by molar-refractivity contribution is 6.40. The van der Waals surface area contributed by atoms with Gasteiger partial charge in [0.05, 0.1) is 21.1 Å². The fourth-order valence-corrected chi connectivity index (χ4v) is 3.98. The molecule has 0 unspecified atom stereocenters. The number of nitrogens with one attached hydrogen (secondary N) is 1. The Balaban J connectivity index is 1.70. The number of pyridine rings is 1. The average molecular weight is 489 g/mol. The van der Waals surface area contributed by atoms with Gasteiger partial charge in [0.1, 0.15) is 5.82 Å². The molecule has 4 N–H and O–H groups in total. The number of halogens is 2. The molecule has 0 spiro atoms. The minimum Gasteiger partial charge on any atom is -0.480 e. The Morgan fingerprint density at radius 2 is 1.82 bits per heavy atom. The Kier molecular flexibility index (Phi) is 5.73. The molecular weight excluding hydrogens is 471 g/mol. The first-order valence-corrected chi connectivity index (χ1v) is 10.7. The van der Waals surface area contributed by atoms with Crippen molar-refractivity contribution in [3.05, 3.63) is 57.8 Å². The number of anilines is 1. The lowest BCUT2D eigenvalue weighted by Crippen LogP contribution is -2.52. The highest BCUT2D eigenvalue weighted by Gasteiger charge is 2.38. The summed E-state index contributed by atoms with van der Waals surface area (Å²) < 4.78 is 1.29. The van der Waals surface area contributed by atoms with Crippen molar-refractivity contribution in [2.45, 2.75) is 25.3 Å². The summed E-state index contributed by atoms with van der Waals surface area (Å²) in [5.41, 5.74) is 3.66. The Bertz CT molecular complexity index is 1320. The number of carbonyl (C=O) groups is 4. The summed E-state index contributed by atoms with van der Waals surface area (Å²) in [6.45, 7) is 1.05. The molecule has 33 heavy (non-hydrogen) atoms. The van der Waals surface area contributed by atoms with Gasteiger partial charge < -0.3 is 16.2 Å². The van der Waals surface area contributed by atoms with Crippen LogP contribution in [0, 0.1) is 5.92 Å². The average Bonchev–Trinajstić information content (AvgIpc) is 3.51. The molecular formula is C22H18Cl2N4O5. The van der Waals surface area contributed by atoms with Crippen LogP contribution in [0.25, 0.3) is 10.9 Å². The summed E-state index contributed by atoms with van der Waals surface area (Å²) in [6.07, 6.45) is 4.64. The molecule has 9 nitrogen and oxygen atoms in total. The molecule has 1 aliphatic rings. The number of hydrogen-bond donors (Lipinski definition) is 3. The molecule has 3 aromatic rings. The van der Waals surface area contributed by atoms with Gasteiger partial charge in [0.15, 0.2) is 11.3 Å². The van der Waals surface area contributed by atoms with E-state index in [1.54, 1.807) is 12.1 Å². The van der Waals surface area contributed by atoms with E-state index in [1.165, 1.54) is 17.0 Å². The van der Waals surface area contributed by atoms with Gasteiger partial charge in [0.2, 0.25) is 5.91 Å². The van der Waals surface area contributed by atoms with E-state index in [1.807, 2.05) is 0 Å². The van der Waals surface area contributed by atoms with Crippen molar-refractivity contribution in [2.24, 2.45) is 11.7 Å². The zero-order valence-electron chi connectivity index (χ0n) is 17.3. The molecule has 0 aliphatic heterocycles. The first-order chi connectivity index (χ1) is 15.5. The Labute approximate surface area is 197 Å². The monoisotopic (exact) mass is 488 g/mol. The molecule has 1 aromatic carbocycles. The van der Waals surface area contributed by atoms with Gasteiger partial charge in [0.25, 0.3) is 5.91 Å². The van der Waals surface area contributed by atoms with Gasteiger partial charge in [0, 0.05) is 29.3 Å². The molecule has 1 amide bonds. The molecule has 170 valence electrons. The largest absolute Gasteiger partial charge is 0.480 e. The SMILES string of the molecule is C[C@](N)(C(=O)O)C(=O)c1cc(Cl)c(C(=O)n2ccc3c(NC(=O)C4CC4)nccc32)c(Cl)c1. The Hall–Kier alpha value is -3.27. The second kappa shape index (κ2) is 8.26. The maximum Gasteiger partial charge on any atom is 0.331 e. The summed E-state index contributed by atoms with van der Waals surface area (Å²) in [5, 5.41) is 12.2. The van der Waals surface area contributed by atoms with E-state index in [-0.39, 0.29) is 33.0 Å². The topological polar surface area (TPSA) is 144 Å². The Morgan fingerprint density at radius 3 is 2.39 bits per heavy atom. The molecule has 1 saturated carbocycles. The number of amides is 1. The lowest BCUT2D eigenvalue weighted by atomic mass is 9.92. The number of carbonyl (C=O) groups excluding carboxylic acids is 3. The summed E-state index contributed by atoms with van der Waals surface area (Å²) in [7, 11) is 0. The standard InChI is InChI=1S/C22H18Cl2N4O5/c1-22(25,21(32)33)17(29)11-8-13(23)16(14(24)9-11)20(31)28-7-5-12-15(28)4-6-26-18(12)27-19(30)10-2-3-10/h4-10H,2-3,25H2,1H3,(H,32,33)(H,26,27,30)/t22-/m1/s1. The number of benzene rings is 1. The number of nitrogens with zero attached hydrogens (tertiary/aromatic N) is 2. The lowest BCUT2D eigenvalue weighted by molar-refractivity contribution is -0.140. The van der Waals surface area contributed by atoms with Crippen molar-refractivity contribution < 1.29 is 24.3 Å². The second-order valence-electron chi connectivity index (χ2n) is 8.00. The highest BCUT2D eigenvalue weighted by atomic mass is 35.5. The lowest BCUT2D eigenvalue weighted by Gasteiger charge is -2.18. The highest BCUT2D eigenvalue weighted by Crippen LogP contribution is 2.33. The van der Waals surface area contributed by atoms with Gasteiger partial charge in [-0.3, -0.25) is 19.0 Å². The third-order valence-corrected chi connectivity index (χ3v) is 6.06. The molecule has 1 fully saturated rings. The number of carboxylic acid groups (broad SMARTS) is 1. The molecule has 1 aliphatic carbocycles. The molecule has 4 rings (SSSR count). The number of hydrogen-bond acceptors (Lipinski definition) is 6. The van der Waals surface area contributed by atoms with E-state index < -0.39 is 23.2 Å². The van der Waals surface area contributed by atoms with Crippen molar-refractivity contribution in [3.8, 4) is 0 Å². The minimum absolute atomic E-state index is 0.0129. The van der Waals surface area contributed by atoms with Crippen LogP contribution in [0.3, 0.4) is 0 Å². The molecule has 0 radical (unpaired) electrons. The van der Waals surface area contributed by atoms with Crippen LogP contribution >= 0.6 is 23.2 Å². The van der Waals surface area contributed by atoms with Crippen LogP contribution in [-0.2, 0) is 9.59 Å². The van der Waals surface area contributed by atoms with E-state index in [0.717, 1.165) is 31.9 Å². The number of Topliss-reactive ketones (excluding diaryl/α,β-unsaturated/α-hetero) is 1. The predicted octanol–water partition coefficient (Wildman–Crippen LogP) is 3.36. The van der Waals surface area contributed by atoms with Crippen LogP contribution in [0.4, 0.5) is 5.82 Å². The maximum atomic E-state index is 13.3. The Morgan fingerprint density at radius 1 is 1.18 bits per heavy atom. The van der Waals surface area contributed by atoms with Crippen molar-refractivity contribution >= 4 is 63.5 Å². The number of fused-ring (bicyclic) bond motifs is 1. The van der Waals surface area contributed by atoms with Gasteiger partial charge in [-0.25, -0.2) is 9.78 Å². The molecule has 0 saturated heterocycles. The van der Waals surface area contributed by atoms with E-state index in [2.05, 4.69) is 10.3 Å². The fraction of sp³-hybridized carbons (Fsp3) is 0.227. The van der Waals surface area contributed by atoms with Gasteiger partial charge in [-0.2, -0.15) is 0 Å². The quantitative estimate of drug-likeness (QED) is 0.356. The number of ketones is 1. The van der Waals surface area contributed by atoms with Crippen LogP contribution < -0.4 is 11.1 Å².